The van der Waals surface area contributed by atoms with Crippen LogP contribution in [0.5, 0.6) is 0 Å². The topological polar surface area (TPSA) is 43.7 Å². The average Bonchev–Trinajstić information content (AvgIpc) is 2.33. The lowest BCUT2D eigenvalue weighted by atomic mass is 9.82. The smallest absolute Gasteiger partial charge is 0.118 e. The fourth-order valence-corrected chi connectivity index (χ4v) is 2.68. The molecule has 2 rings (SSSR count). The maximum atomic E-state index is 10.6. The molecule has 94 valence electrons. The van der Waals surface area contributed by atoms with E-state index in [0.29, 0.717) is 18.0 Å². The molecule has 0 aromatic heterocycles. The van der Waals surface area contributed by atoms with Crippen LogP contribution >= 0.6 is 20.8 Å². The van der Waals surface area contributed by atoms with Crippen molar-refractivity contribution in [3.05, 3.63) is 34.9 Å². The highest BCUT2D eigenvalue weighted by Crippen LogP contribution is 2.33. The van der Waals surface area contributed by atoms with Crippen molar-refractivity contribution in [1.82, 2.24) is 4.90 Å². The number of nitrogens with zero attached hydrogens (tertiary/aromatic N) is 1. The molecule has 1 heterocycles. The van der Waals surface area contributed by atoms with Gasteiger partial charge in [-0.25, -0.2) is 0 Å². The van der Waals surface area contributed by atoms with E-state index in [1.54, 1.807) is 24.3 Å². The first kappa shape index (κ1) is 13.3. The number of rotatable bonds is 2. The van der Waals surface area contributed by atoms with Gasteiger partial charge in [0.2, 0.25) is 0 Å². The standard InChI is InChI=1S/C12H17ClNO2P/c13-10-3-1-9(2-4-10)12(16)5-6-14(8-17)7-11(12)15/h1-4,11,15-16H,5-8,17H2. The predicted octanol–water partition coefficient (Wildman–Crippen LogP) is 1.43. The van der Waals surface area contributed by atoms with E-state index in [1.807, 2.05) is 0 Å². The maximum absolute atomic E-state index is 10.6. The summed E-state index contributed by atoms with van der Waals surface area (Å²) in [5, 5.41) is 21.3. The van der Waals surface area contributed by atoms with Gasteiger partial charge in [-0.05, 0) is 24.1 Å². The lowest BCUT2D eigenvalue weighted by Gasteiger charge is -2.42. The van der Waals surface area contributed by atoms with E-state index in [-0.39, 0.29) is 0 Å². The second kappa shape index (κ2) is 5.21. The van der Waals surface area contributed by atoms with Crippen molar-refractivity contribution in [1.29, 1.82) is 0 Å². The van der Waals surface area contributed by atoms with Crippen molar-refractivity contribution in [2.24, 2.45) is 0 Å². The Labute approximate surface area is 109 Å². The fourth-order valence-electron chi connectivity index (χ4n) is 2.22. The quantitative estimate of drug-likeness (QED) is 0.801. The summed E-state index contributed by atoms with van der Waals surface area (Å²) in [7, 11) is 2.63. The number of benzene rings is 1. The molecule has 2 N–H and O–H groups in total. The number of halogens is 1. The van der Waals surface area contributed by atoms with Crippen molar-refractivity contribution in [3.8, 4) is 0 Å². The number of aliphatic hydroxyl groups excluding tert-OH is 1. The average molecular weight is 274 g/mol. The molecule has 1 aromatic rings. The Hall–Kier alpha value is -0.180. The van der Waals surface area contributed by atoms with Gasteiger partial charge in [-0.3, -0.25) is 4.90 Å². The monoisotopic (exact) mass is 273 g/mol. The molecular weight excluding hydrogens is 257 g/mol. The minimum absolute atomic E-state index is 0.489. The van der Waals surface area contributed by atoms with Crippen LogP contribution in [0.4, 0.5) is 0 Å². The van der Waals surface area contributed by atoms with E-state index < -0.39 is 11.7 Å². The lowest BCUT2D eigenvalue weighted by molar-refractivity contribution is -0.121. The highest BCUT2D eigenvalue weighted by atomic mass is 35.5. The molecule has 1 saturated heterocycles. The minimum atomic E-state index is -1.15. The third-order valence-corrected chi connectivity index (χ3v) is 4.16. The number of aliphatic hydroxyl groups is 2. The number of hydrogen-bond donors (Lipinski definition) is 2. The molecule has 0 aliphatic carbocycles. The van der Waals surface area contributed by atoms with Crippen LogP contribution in [0.15, 0.2) is 24.3 Å². The summed E-state index contributed by atoms with van der Waals surface area (Å²) in [6.07, 6.45) is 0.579. The summed E-state index contributed by atoms with van der Waals surface area (Å²) < 4.78 is 0. The Bertz CT molecular complexity index is 387. The summed E-state index contributed by atoms with van der Waals surface area (Å²) in [6.45, 7) is 1.27. The van der Waals surface area contributed by atoms with Crippen LogP contribution in [0.2, 0.25) is 5.02 Å². The molecule has 1 fully saturated rings. The van der Waals surface area contributed by atoms with Gasteiger partial charge >= 0.3 is 0 Å². The Morgan fingerprint density at radius 1 is 1.41 bits per heavy atom. The summed E-state index contributed by atoms with van der Waals surface area (Å²) in [5.41, 5.74) is -0.418. The molecular formula is C12H17ClNO2P. The molecule has 3 unspecified atom stereocenters. The molecule has 0 bridgehead atoms. The summed E-state index contributed by atoms with van der Waals surface area (Å²) in [5.74, 6) is 0. The highest BCUT2D eigenvalue weighted by Gasteiger charge is 2.41. The van der Waals surface area contributed by atoms with Crippen molar-refractivity contribution in [3.63, 3.8) is 0 Å². The van der Waals surface area contributed by atoms with Crippen molar-refractivity contribution >= 4 is 20.8 Å². The van der Waals surface area contributed by atoms with Gasteiger partial charge in [0.25, 0.3) is 0 Å². The normalized spacial score (nSPS) is 30.5. The van der Waals surface area contributed by atoms with Crippen LogP contribution < -0.4 is 0 Å². The van der Waals surface area contributed by atoms with Crippen molar-refractivity contribution in [2.75, 3.05) is 19.4 Å². The molecule has 1 aliphatic heterocycles. The Morgan fingerprint density at radius 3 is 2.59 bits per heavy atom. The molecule has 0 amide bonds. The van der Waals surface area contributed by atoms with E-state index in [4.69, 9.17) is 11.6 Å². The first-order chi connectivity index (χ1) is 8.06. The van der Waals surface area contributed by atoms with Gasteiger partial charge in [0.15, 0.2) is 0 Å². The first-order valence-electron chi connectivity index (χ1n) is 5.65. The third-order valence-electron chi connectivity index (χ3n) is 3.39. The second-order valence-corrected chi connectivity index (χ2v) is 5.26. The minimum Gasteiger partial charge on any atom is -0.388 e. The molecule has 1 aliphatic rings. The Morgan fingerprint density at radius 2 is 2.06 bits per heavy atom. The largest absolute Gasteiger partial charge is 0.388 e. The Balaban J connectivity index is 2.21. The zero-order valence-corrected chi connectivity index (χ0v) is 11.4. The molecule has 17 heavy (non-hydrogen) atoms. The van der Waals surface area contributed by atoms with E-state index in [9.17, 15) is 10.2 Å². The van der Waals surface area contributed by atoms with Crippen LogP contribution in [0, 0.1) is 0 Å². The van der Waals surface area contributed by atoms with Gasteiger partial charge in [-0.2, -0.15) is 0 Å². The maximum Gasteiger partial charge on any atom is 0.118 e. The van der Waals surface area contributed by atoms with Gasteiger partial charge in [0, 0.05) is 24.4 Å². The Kier molecular flexibility index (Phi) is 4.06. The highest BCUT2D eigenvalue weighted by molar-refractivity contribution is 7.16. The molecule has 3 nitrogen and oxygen atoms in total. The van der Waals surface area contributed by atoms with E-state index in [2.05, 4.69) is 14.1 Å². The molecule has 0 saturated carbocycles. The molecule has 0 radical (unpaired) electrons. The van der Waals surface area contributed by atoms with E-state index in [1.165, 1.54) is 0 Å². The number of hydrogen-bond acceptors (Lipinski definition) is 3. The molecule has 3 atom stereocenters. The van der Waals surface area contributed by atoms with E-state index >= 15 is 0 Å². The molecule has 0 spiro atoms. The zero-order valence-electron chi connectivity index (χ0n) is 9.51. The fraction of sp³-hybridized carbons (Fsp3) is 0.500. The molecule has 1 aromatic carbocycles. The van der Waals surface area contributed by atoms with Crippen LogP contribution in [0.3, 0.4) is 0 Å². The number of likely N-dealkylation sites (tertiary alicyclic amines) is 1. The van der Waals surface area contributed by atoms with E-state index in [0.717, 1.165) is 18.4 Å². The van der Waals surface area contributed by atoms with Crippen LogP contribution in [0.25, 0.3) is 0 Å². The van der Waals surface area contributed by atoms with Gasteiger partial charge in [-0.15, -0.1) is 9.24 Å². The number of β-amino-alcohol motifs (C(OH)–C–C–N with tert-alkyl or cyclic N) is 1. The van der Waals surface area contributed by atoms with Gasteiger partial charge < -0.3 is 10.2 Å². The van der Waals surface area contributed by atoms with Crippen molar-refractivity contribution < 1.29 is 10.2 Å². The summed E-state index contributed by atoms with van der Waals surface area (Å²) in [4.78, 5) is 2.10. The van der Waals surface area contributed by atoms with Gasteiger partial charge in [0.1, 0.15) is 5.60 Å². The van der Waals surface area contributed by atoms with Crippen molar-refractivity contribution in [2.45, 2.75) is 18.1 Å². The zero-order chi connectivity index (χ0) is 12.5. The predicted molar refractivity (Wildman–Crippen MR) is 72.1 cm³/mol. The lowest BCUT2D eigenvalue weighted by Crippen LogP contribution is -2.53. The van der Waals surface area contributed by atoms with Gasteiger partial charge in [-0.1, -0.05) is 23.7 Å². The first-order valence-corrected chi connectivity index (χ1v) is 6.84. The summed E-state index contributed by atoms with van der Waals surface area (Å²) >= 11 is 5.82. The van der Waals surface area contributed by atoms with Crippen LogP contribution in [-0.2, 0) is 5.60 Å². The van der Waals surface area contributed by atoms with Crippen LogP contribution in [0.1, 0.15) is 12.0 Å². The van der Waals surface area contributed by atoms with Crippen LogP contribution in [-0.4, -0.2) is 40.6 Å². The third kappa shape index (κ3) is 2.64. The number of piperidine rings is 1. The second-order valence-electron chi connectivity index (χ2n) is 4.46. The summed E-state index contributed by atoms with van der Waals surface area (Å²) in [6, 6.07) is 7.04. The SMILES string of the molecule is OC1CN(CP)CCC1(O)c1ccc(Cl)cc1. The van der Waals surface area contributed by atoms with Gasteiger partial charge in [0.05, 0.1) is 6.10 Å². The molecule has 5 heteroatoms.